The van der Waals surface area contributed by atoms with Crippen LogP contribution in [0.1, 0.15) is 37.7 Å². The second-order valence-electron chi connectivity index (χ2n) is 5.18. The van der Waals surface area contributed by atoms with Gasteiger partial charge in [0.25, 0.3) is 0 Å². The second-order valence-corrected chi connectivity index (χ2v) is 5.44. The Morgan fingerprint density at radius 1 is 1.17 bits per heavy atom. The minimum absolute atomic E-state index is 0.153. The molecule has 0 aromatic heterocycles. The van der Waals surface area contributed by atoms with Gasteiger partial charge in [-0.15, -0.1) is 11.6 Å². The summed E-state index contributed by atoms with van der Waals surface area (Å²) >= 11 is 6.17. The zero-order chi connectivity index (χ0) is 12.8. The van der Waals surface area contributed by atoms with Gasteiger partial charge in [0.15, 0.2) is 0 Å². The summed E-state index contributed by atoms with van der Waals surface area (Å²) in [7, 11) is 1.69. The number of hydrogen-bond acceptors (Lipinski definition) is 2. The lowest BCUT2D eigenvalue weighted by molar-refractivity contribution is 0.256. The van der Waals surface area contributed by atoms with Crippen LogP contribution >= 0.6 is 11.6 Å². The lowest BCUT2D eigenvalue weighted by Crippen LogP contribution is -2.48. The molecule has 2 nitrogen and oxygen atoms in total. The van der Waals surface area contributed by atoms with E-state index >= 15 is 0 Å². The average Bonchev–Trinajstić information content (AvgIpc) is 2.47. The number of halogens is 1. The van der Waals surface area contributed by atoms with Crippen LogP contribution in [0.15, 0.2) is 24.3 Å². The van der Waals surface area contributed by atoms with E-state index in [2.05, 4.69) is 17.4 Å². The van der Waals surface area contributed by atoms with Crippen LogP contribution in [0.4, 0.5) is 0 Å². The molecule has 100 valence electrons. The molecule has 1 aliphatic carbocycles. The molecule has 1 aromatic rings. The number of rotatable bonds is 5. The molecule has 1 aromatic carbocycles. The van der Waals surface area contributed by atoms with Crippen LogP contribution in [0.2, 0.25) is 0 Å². The zero-order valence-corrected chi connectivity index (χ0v) is 11.8. The van der Waals surface area contributed by atoms with Gasteiger partial charge in [0.1, 0.15) is 5.75 Å². The van der Waals surface area contributed by atoms with E-state index in [0.29, 0.717) is 5.88 Å². The fourth-order valence-electron chi connectivity index (χ4n) is 2.62. The minimum atomic E-state index is 0.153. The Morgan fingerprint density at radius 2 is 1.83 bits per heavy atom. The van der Waals surface area contributed by atoms with Gasteiger partial charge in [-0.2, -0.15) is 0 Å². The minimum Gasteiger partial charge on any atom is -0.497 e. The Kier molecular flexibility index (Phi) is 4.90. The Morgan fingerprint density at radius 3 is 2.39 bits per heavy atom. The normalized spacial score (nSPS) is 18.6. The summed E-state index contributed by atoms with van der Waals surface area (Å²) < 4.78 is 5.16. The second kappa shape index (κ2) is 6.44. The molecule has 0 radical (unpaired) electrons. The summed E-state index contributed by atoms with van der Waals surface area (Å²) in [5.74, 6) is 1.62. The molecule has 0 amide bonds. The lowest BCUT2D eigenvalue weighted by Gasteiger charge is -2.36. The van der Waals surface area contributed by atoms with E-state index in [9.17, 15) is 0 Å². The van der Waals surface area contributed by atoms with E-state index in [-0.39, 0.29) is 5.54 Å². The van der Waals surface area contributed by atoms with Crippen LogP contribution in [-0.2, 0) is 6.54 Å². The highest BCUT2D eigenvalue weighted by Gasteiger charge is 2.30. The number of methoxy groups -OCH3 is 1. The van der Waals surface area contributed by atoms with Gasteiger partial charge in [0, 0.05) is 18.0 Å². The maximum Gasteiger partial charge on any atom is 0.118 e. The van der Waals surface area contributed by atoms with E-state index in [1.807, 2.05) is 12.1 Å². The van der Waals surface area contributed by atoms with Gasteiger partial charge in [0.2, 0.25) is 0 Å². The van der Waals surface area contributed by atoms with Crippen molar-refractivity contribution in [3.63, 3.8) is 0 Å². The number of hydrogen-bond donors (Lipinski definition) is 1. The Hall–Kier alpha value is -0.730. The maximum atomic E-state index is 6.17. The number of nitrogens with one attached hydrogen (secondary N) is 1. The van der Waals surface area contributed by atoms with Crippen molar-refractivity contribution in [3.8, 4) is 5.75 Å². The standard InChI is InChI=1S/C15H22ClNO/c1-18-14-7-5-13(6-8-14)11-17-15(12-16)9-3-2-4-10-15/h5-8,17H,2-4,9-12H2,1H3. The van der Waals surface area contributed by atoms with Crippen LogP contribution in [0, 0.1) is 0 Å². The van der Waals surface area contributed by atoms with E-state index < -0.39 is 0 Å². The largest absolute Gasteiger partial charge is 0.497 e. The first kappa shape index (κ1) is 13.7. The van der Waals surface area contributed by atoms with Crippen LogP contribution in [0.5, 0.6) is 5.75 Å². The first-order valence-electron chi connectivity index (χ1n) is 6.72. The van der Waals surface area contributed by atoms with E-state index in [1.165, 1.54) is 37.7 Å². The molecule has 2 rings (SSSR count). The summed E-state index contributed by atoms with van der Waals surface area (Å²) in [6.07, 6.45) is 6.34. The highest BCUT2D eigenvalue weighted by Crippen LogP contribution is 2.29. The third-order valence-electron chi connectivity index (χ3n) is 3.89. The molecule has 0 atom stereocenters. The third kappa shape index (κ3) is 3.39. The van der Waals surface area contributed by atoms with Gasteiger partial charge in [-0.1, -0.05) is 31.4 Å². The molecule has 3 heteroatoms. The highest BCUT2D eigenvalue weighted by atomic mass is 35.5. The smallest absolute Gasteiger partial charge is 0.118 e. The summed E-state index contributed by atoms with van der Waals surface area (Å²) in [6, 6.07) is 8.23. The van der Waals surface area contributed by atoms with Gasteiger partial charge in [0.05, 0.1) is 7.11 Å². The monoisotopic (exact) mass is 267 g/mol. The Labute approximate surface area is 115 Å². The summed E-state index contributed by atoms with van der Waals surface area (Å²) in [6.45, 7) is 0.886. The summed E-state index contributed by atoms with van der Waals surface area (Å²) in [5, 5.41) is 3.67. The van der Waals surface area contributed by atoms with Crippen molar-refractivity contribution in [1.29, 1.82) is 0 Å². The summed E-state index contributed by atoms with van der Waals surface area (Å²) in [4.78, 5) is 0. The van der Waals surface area contributed by atoms with Gasteiger partial charge in [-0.05, 0) is 30.5 Å². The molecule has 0 spiro atoms. The van der Waals surface area contributed by atoms with E-state index in [4.69, 9.17) is 16.3 Å². The average molecular weight is 268 g/mol. The van der Waals surface area contributed by atoms with E-state index in [0.717, 1.165) is 12.3 Å². The van der Waals surface area contributed by atoms with Crippen molar-refractivity contribution in [2.75, 3.05) is 13.0 Å². The van der Waals surface area contributed by atoms with Crippen molar-refractivity contribution >= 4 is 11.6 Å². The van der Waals surface area contributed by atoms with Crippen molar-refractivity contribution in [3.05, 3.63) is 29.8 Å². The Bertz CT molecular complexity index is 357. The first-order valence-corrected chi connectivity index (χ1v) is 7.25. The molecule has 1 aliphatic rings. The van der Waals surface area contributed by atoms with E-state index in [1.54, 1.807) is 7.11 Å². The first-order chi connectivity index (χ1) is 8.78. The van der Waals surface area contributed by atoms with Crippen LogP contribution < -0.4 is 10.1 Å². The lowest BCUT2D eigenvalue weighted by atomic mass is 9.83. The maximum absolute atomic E-state index is 6.17. The van der Waals surface area contributed by atoms with Crippen molar-refractivity contribution in [2.24, 2.45) is 0 Å². The zero-order valence-electron chi connectivity index (χ0n) is 11.0. The third-order valence-corrected chi connectivity index (χ3v) is 4.40. The number of alkyl halides is 1. The molecule has 1 N–H and O–H groups in total. The molecule has 0 aliphatic heterocycles. The molecule has 0 unspecified atom stereocenters. The van der Waals surface area contributed by atoms with Gasteiger partial charge in [-0.3, -0.25) is 0 Å². The van der Waals surface area contributed by atoms with Crippen molar-refractivity contribution < 1.29 is 4.74 Å². The van der Waals surface area contributed by atoms with Gasteiger partial charge in [-0.25, -0.2) is 0 Å². The molecular formula is C15H22ClNO. The highest BCUT2D eigenvalue weighted by molar-refractivity contribution is 6.18. The molecule has 0 saturated heterocycles. The fraction of sp³-hybridized carbons (Fsp3) is 0.600. The van der Waals surface area contributed by atoms with Crippen molar-refractivity contribution in [1.82, 2.24) is 5.32 Å². The molecule has 0 bridgehead atoms. The molecule has 18 heavy (non-hydrogen) atoms. The summed E-state index contributed by atoms with van der Waals surface area (Å²) in [5.41, 5.74) is 1.44. The molecular weight excluding hydrogens is 246 g/mol. The predicted octanol–water partition coefficient (Wildman–Crippen LogP) is 3.73. The van der Waals surface area contributed by atoms with Crippen LogP contribution in [0.3, 0.4) is 0 Å². The number of benzene rings is 1. The Balaban J connectivity index is 1.92. The SMILES string of the molecule is COc1ccc(CNC2(CCl)CCCCC2)cc1. The fourth-order valence-corrected chi connectivity index (χ4v) is 2.98. The van der Waals surface area contributed by atoms with Crippen molar-refractivity contribution in [2.45, 2.75) is 44.2 Å². The van der Waals surface area contributed by atoms with Crippen LogP contribution in [-0.4, -0.2) is 18.5 Å². The van der Waals surface area contributed by atoms with Gasteiger partial charge >= 0.3 is 0 Å². The molecule has 1 saturated carbocycles. The van der Waals surface area contributed by atoms with Crippen LogP contribution in [0.25, 0.3) is 0 Å². The quantitative estimate of drug-likeness (QED) is 0.821. The molecule has 0 heterocycles. The number of ether oxygens (including phenoxy) is 1. The van der Waals surface area contributed by atoms with Gasteiger partial charge < -0.3 is 10.1 Å². The molecule has 1 fully saturated rings. The topological polar surface area (TPSA) is 21.3 Å². The predicted molar refractivity (Wildman–Crippen MR) is 76.4 cm³/mol.